The topological polar surface area (TPSA) is 55.9 Å². The molecule has 2 fully saturated rings. The molecule has 0 saturated carbocycles. The maximum absolute atomic E-state index is 13.4. The molecule has 0 aliphatic carbocycles. The van der Waals surface area contributed by atoms with Gasteiger partial charge in [-0.3, -0.25) is 15.0 Å². The van der Waals surface area contributed by atoms with E-state index in [2.05, 4.69) is 70.9 Å². The van der Waals surface area contributed by atoms with Gasteiger partial charge in [-0.2, -0.15) is 0 Å². The van der Waals surface area contributed by atoms with E-state index in [-0.39, 0.29) is 23.9 Å². The molecular weight excluding hydrogens is 456 g/mol. The number of amides is 3. The van der Waals surface area contributed by atoms with E-state index in [4.69, 9.17) is 0 Å². The fourth-order valence-electron chi connectivity index (χ4n) is 5.24. The predicted octanol–water partition coefficient (Wildman–Crippen LogP) is 4.93. The van der Waals surface area contributed by atoms with E-state index in [1.807, 2.05) is 22.4 Å². The Morgan fingerprint density at radius 3 is 2.06 bits per heavy atom. The molecule has 3 heterocycles. The third-order valence-corrected chi connectivity index (χ3v) is 7.82. The van der Waals surface area contributed by atoms with Crippen molar-refractivity contribution in [2.75, 3.05) is 44.6 Å². The molecule has 7 heteroatoms. The van der Waals surface area contributed by atoms with Gasteiger partial charge >= 0.3 is 6.03 Å². The minimum absolute atomic E-state index is 0.108. The first kappa shape index (κ1) is 23.6. The fraction of sp³-hybridized carbons (Fsp3) is 0.357. The molecule has 182 valence electrons. The van der Waals surface area contributed by atoms with Crippen LogP contribution < -0.4 is 5.32 Å². The van der Waals surface area contributed by atoms with Gasteiger partial charge in [-0.15, -0.1) is 11.3 Å². The summed E-state index contributed by atoms with van der Waals surface area (Å²) in [6.07, 6.45) is 1.71. The van der Waals surface area contributed by atoms with Crippen LogP contribution in [0.1, 0.15) is 30.0 Å². The van der Waals surface area contributed by atoms with Crippen LogP contribution in [0.3, 0.4) is 0 Å². The fourth-order valence-corrected chi connectivity index (χ4v) is 5.85. The third kappa shape index (κ3) is 5.57. The molecule has 0 radical (unpaired) electrons. The molecule has 2 saturated heterocycles. The SMILES string of the molecule is O=C(Nc1cccs1)N1CCCC(C(=O)N2CCN(C(c3ccccc3)c3ccccc3)CC2)C1. The maximum Gasteiger partial charge on any atom is 0.322 e. The maximum atomic E-state index is 13.4. The molecule has 3 amide bonds. The first-order valence-corrected chi connectivity index (χ1v) is 13.3. The van der Waals surface area contributed by atoms with Crippen molar-refractivity contribution >= 4 is 28.3 Å². The minimum Gasteiger partial charge on any atom is -0.340 e. The lowest BCUT2D eigenvalue weighted by Gasteiger charge is -2.41. The number of anilines is 1. The molecular formula is C28H32N4O2S. The first-order valence-electron chi connectivity index (χ1n) is 12.4. The van der Waals surface area contributed by atoms with Crippen LogP contribution in [-0.2, 0) is 4.79 Å². The molecule has 0 bridgehead atoms. The smallest absolute Gasteiger partial charge is 0.322 e. The van der Waals surface area contributed by atoms with Crippen LogP contribution in [0, 0.1) is 5.92 Å². The number of nitrogens with zero attached hydrogens (tertiary/aromatic N) is 3. The van der Waals surface area contributed by atoms with Crippen molar-refractivity contribution in [3.05, 3.63) is 89.3 Å². The normalized spacial score (nSPS) is 19.1. The van der Waals surface area contributed by atoms with Crippen LogP contribution in [0.2, 0.25) is 0 Å². The van der Waals surface area contributed by atoms with E-state index in [1.54, 1.807) is 4.90 Å². The molecule has 3 aromatic rings. The number of thiophene rings is 1. The molecule has 1 atom stereocenters. The lowest BCUT2D eigenvalue weighted by molar-refractivity contribution is -0.138. The van der Waals surface area contributed by atoms with Crippen LogP contribution in [0.15, 0.2) is 78.2 Å². The summed E-state index contributed by atoms with van der Waals surface area (Å²) in [4.78, 5) is 32.4. The summed E-state index contributed by atoms with van der Waals surface area (Å²) in [7, 11) is 0. The van der Waals surface area contributed by atoms with Crippen LogP contribution in [0.25, 0.3) is 0 Å². The van der Waals surface area contributed by atoms with Gasteiger partial charge in [-0.1, -0.05) is 60.7 Å². The van der Waals surface area contributed by atoms with Crippen molar-refractivity contribution in [3.8, 4) is 0 Å². The summed E-state index contributed by atoms with van der Waals surface area (Å²) in [6, 6.07) is 25.1. The number of rotatable bonds is 5. The molecule has 2 aliphatic heterocycles. The Morgan fingerprint density at radius 1 is 0.800 bits per heavy atom. The molecule has 1 unspecified atom stereocenters. The van der Waals surface area contributed by atoms with Crippen molar-refractivity contribution in [1.82, 2.24) is 14.7 Å². The zero-order valence-corrected chi connectivity index (χ0v) is 20.7. The highest BCUT2D eigenvalue weighted by Gasteiger charge is 2.34. The molecule has 0 spiro atoms. The van der Waals surface area contributed by atoms with Gasteiger partial charge in [0.15, 0.2) is 0 Å². The van der Waals surface area contributed by atoms with Crippen molar-refractivity contribution in [3.63, 3.8) is 0 Å². The van der Waals surface area contributed by atoms with Gasteiger partial charge in [0.2, 0.25) is 5.91 Å². The molecule has 6 nitrogen and oxygen atoms in total. The van der Waals surface area contributed by atoms with Gasteiger partial charge in [0.05, 0.1) is 17.0 Å². The summed E-state index contributed by atoms with van der Waals surface area (Å²) >= 11 is 1.51. The van der Waals surface area contributed by atoms with E-state index in [0.717, 1.165) is 30.9 Å². The zero-order valence-electron chi connectivity index (χ0n) is 19.9. The Labute approximate surface area is 211 Å². The lowest BCUT2D eigenvalue weighted by atomic mass is 9.95. The van der Waals surface area contributed by atoms with Crippen LogP contribution >= 0.6 is 11.3 Å². The quantitative estimate of drug-likeness (QED) is 0.554. The summed E-state index contributed by atoms with van der Waals surface area (Å²) in [5.74, 6) is 0.0673. The highest BCUT2D eigenvalue weighted by molar-refractivity contribution is 7.14. The number of likely N-dealkylation sites (tertiary alicyclic amines) is 1. The van der Waals surface area contributed by atoms with Crippen LogP contribution in [-0.4, -0.2) is 65.9 Å². The van der Waals surface area contributed by atoms with Gasteiger partial charge in [0.1, 0.15) is 0 Å². The number of carbonyl (C=O) groups excluding carboxylic acids is 2. The lowest BCUT2D eigenvalue weighted by Crippen LogP contribution is -2.53. The van der Waals surface area contributed by atoms with Crippen LogP contribution in [0.4, 0.5) is 9.80 Å². The summed E-state index contributed by atoms with van der Waals surface area (Å²) in [6.45, 7) is 4.28. The molecule has 35 heavy (non-hydrogen) atoms. The van der Waals surface area contributed by atoms with Crippen molar-refractivity contribution < 1.29 is 9.59 Å². The standard InChI is InChI=1S/C28H32N4O2S/c33-27(24-13-7-15-32(21-24)28(34)29-25-14-8-20-35-25)31-18-16-30(17-19-31)26(22-9-3-1-4-10-22)23-11-5-2-6-12-23/h1-6,8-12,14,20,24,26H,7,13,15-19,21H2,(H,29,34). The van der Waals surface area contributed by atoms with E-state index in [9.17, 15) is 9.59 Å². The highest BCUT2D eigenvalue weighted by Crippen LogP contribution is 2.30. The average Bonchev–Trinajstić information content (AvgIpc) is 3.43. The number of benzene rings is 2. The summed E-state index contributed by atoms with van der Waals surface area (Å²) < 4.78 is 0. The highest BCUT2D eigenvalue weighted by atomic mass is 32.1. The Kier molecular flexibility index (Phi) is 7.45. The Balaban J connectivity index is 1.21. The van der Waals surface area contributed by atoms with Gasteiger partial charge in [0, 0.05) is 39.3 Å². The van der Waals surface area contributed by atoms with Gasteiger partial charge in [0.25, 0.3) is 0 Å². The van der Waals surface area contributed by atoms with Gasteiger partial charge in [-0.25, -0.2) is 4.79 Å². The minimum atomic E-state index is -0.122. The van der Waals surface area contributed by atoms with E-state index in [1.165, 1.54) is 22.5 Å². The number of piperazine rings is 1. The van der Waals surface area contributed by atoms with E-state index >= 15 is 0 Å². The second-order valence-corrected chi connectivity index (χ2v) is 10.2. The predicted molar refractivity (Wildman–Crippen MR) is 141 cm³/mol. The monoisotopic (exact) mass is 488 g/mol. The van der Waals surface area contributed by atoms with Crippen molar-refractivity contribution in [2.24, 2.45) is 5.92 Å². The van der Waals surface area contributed by atoms with Crippen molar-refractivity contribution in [2.45, 2.75) is 18.9 Å². The Hall–Kier alpha value is -3.16. The molecule has 2 aromatic carbocycles. The zero-order chi connectivity index (χ0) is 24.0. The van der Waals surface area contributed by atoms with Gasteiger partial charge in [-0.05, 0) is 41.5 Å². The summed E-state index contributed by atoms with van der Waals surface area (Å²) in [5.41, 5.74) is 2.55. The number of carbonyl (C=O) groups is 2. The molecule has 1 aromatic heterocycles. The number of nitrogens with one attached hydrogen (secondary N) is 1. The number of hydrogen-bond donors (Lipinski definition) is 1. The molecule has 1 N–H and O–H groups in total. The third-order valence-electron chi connectivity index (χ3n) is 7.03. The second-order valence-electron chi connectivity index (χ2n) is 9.28. The number of urea groups is 1. The average molecular weight is 489 g/mol. The van der Waals surface area contributed by atoms with Crippen LogP contribution in [0.5, 0.6) is 0 Å². The van der Waals surface area contributed by atoms with Crippen molar-refractivity contribution in [1.29, 1.82) is 0 Å². The first-order chi connectivity index (χ1) is 17.2. The van der Waals surface area contributed by atoms with Gasteiger partial charge < -0.3 is 9.80 Å². The molecule has 2 aliphatic rings. The van der Waals surface area contributed by atoms with E-state index < -0.39 is 0 Å². The Bertz CT molecular complexity index is 1060. The second kappa shape index (κ2) is 11.1. The Morgan fingerprint density at radius 2 is 1.46 bits per heavy atom. The number of hydrogen-bond acceptors (Lipinski definition) is 4. The number of piperidine rings is 1. The molecule has 5 rings (SSSR count). The van der Waals surface area contributed by atoms with E-state index in [0.29, 0.717) is 26.2 Å². The largest absolute Gasteiger partial charge is 0.340 e. The summed E-state index contributed by atoms with van der Waals surface area (Å²) in [5, 5.41) is 5.74.